The Morgan fingerprint density at radius 3 is 2.32 bits per heavy atom. The number of ether oxygens (including phenoxy) is 1. The molecule has 2 nitrogen and oxygen atoms in total. The van der Waals surface area contributed by atoms with Gasteiger partial charge in [-0.05, 0) is 56.4 Å². The molecule has 0 spiro atoms. The molecule has 19 heavy (non-hydrogen) atoms. The van der Waals surface area contributed by atoms with Crippen LogP contribution in [-0.2, 0) is 4.74 Å². The van der Waals surface area contributed by atoms with Crippen LogP contribution in [0.15, 0.2) is 0 Å². The molecule has 0 amide bonds. The quantitative estimate of drug-likeness (QED) is 0.831. The zero-order valence-electron chi connectivity index (χ0n) is 13.4. The van der Waals surface area contributed by atoms with Crippen LogP contribution in [0, 0.1) is 17.3 Å². The maximum Gasteiger partial charge on any atom is 0.0730 e. The van der Waals surface area contributed by atoms with Crippen LogP contribution in [-0.4, -0.2) is 25.8 Å². The third-order valence-electron chi connectivity index (χ3n) is 5.41. The minimum absolute atomic E-state index is 0.424. The van der Waals surface area contributed by atoms with Gasteiger partial charge in [-0.1, -0.05) is 33.6 Å². The van der Waals surface area contributed by atoms with Crippen LogP contribution < -0.4 is 5.32 Å². The summed E-state index contributed by atoms with van der Waals surface area (Å²) < 4.78 is 6.33. The van der Waals surface area contributed by atoms with Gasteiger partial charge in [0.05, 0.1) is 6.10 Å². The smallest absolute Gasteiger partial charge is 0.0730 e. The van der Waals surface area contributed by atoms with E-state index in [0.29, 0.717) is 17.6 Å². The normalized spacial score (nSPS) is 33.8. The van der Waals surface area contributed by atoms with Crippen LogP contribution >= 0.6 is 0 Å². The summed E-state index contributed by atoms with van der Waals surface area (Å²) >= 11 is 0. The van der Waals surface area contributed by atoms with E-state index < -0.39 is 0 Å². The molecule has 0 aromatic rings. The summed E-state index contributed by atoms with van der Waals surface area (Å²) in [6, 6.07) is 0.569. The molecule has 112 valence electrons. The van der Waals surface area contributed by atoms with Crippen LogP contribution in [0.1, 0.15) is 65.7 Å². The molecule has 2 aliphatic carbocycles. The van der Waals surface area contributed by atoms with Crippen molar-refractivity contribution < 1.29 is 4.74 Å². The van der Waals surface area contributed by atoms with E-state index in [1.54, 1.807) is 0 Å². The lowest BCUT2D eigenvalue weighted by molar-refractivity contribution is -0.0384. The van der Waals surface area contributed by atoms with Crippen LogP contribution in [0.25, 0.3) is 0 Å². The van der Waals surface area contributed by atoms with Gasteiger partial charge in [-0.3, -0.25) is 0 Å². The molecule has 2 rings (SSSR count). The van der Waals surface area contributed by atoms with Gasteiger partial charge < -0.3 is 10.1 Å². The first-order valence-electron chi connectivity index (χ1n) is 8.29. The Hall–Kier alpha value is -0.0800. The standard InChI is InChI=1S/C17H33NO/c1-17(2,3)14-9-10-15(18-4)16(11-14)19-12-13-7-5-6-8-13/h13-16,18H,5-12H2,1-4H3. The van der Waals surface area contributed by atoms with Crippen molar-refractivity contribution in [1.29, 1.82) is 0 Å². The first-order valence-corrected chi connectivity index (χ1v) is 8.29. The molecule has 0 bridgehead atoms. The molecule has 2 fully saturated rings. The minimum Gasteiger partial charge on any atom is -0.376 e. The summed E-state index contributed by atoms with van der Waals surface area (Å²) in [6.45, 7) is 8.14. The second kappa shape index (κ2) is 6.58. The average molecular weight is 267 g/mol. The molecule has 0 aromatic carbocycles. The van der Waals surface area contributed by atoms with Gasteiger partial charge in [0, 0.05) is 12.6 Å². The molecular formula is C17H33NO. The number of hydrogen-bond donors (Lipinski definition) is 1. The molecule has 3 unspecified atom stereocenters. The maximum atomic E-state index is 6.33. The Morgan fingerprint density at radius 2 is 1.74 bits per heavy atom. The number of hydrogen-bond acceptors (Lipinski definition) is 2. The molecule has 0 heterocycles. The Morgan fingerprint density at radius 1 is 1.05 bits per heavy atom. The summed E-state index contributed by atoms with van der Waals surface area (Å²) in [7, 11) is 2.09. The second-order valence-corrected chi connectivity index (χ2v) is 7.79. The zero-order chi connectivity index (χ0) is 13.9. The van der Waals surface area contributed by atoms with E-state index in [-0.39, 0.29) is 0 Å². The highest BCUT2D eigenvalue weighted by Gasteiger charge is 2.36. The highest BCUT2D eigenvalue weighted by atomic mass is 16.5. The second-order valence-electron chi connectivity index (χ2n) is 7.79. The van der Waals surface area contributed by atoms with Gasteiger partial charge in [0.15, 0.2) is 0 Å². The van der Waals surface area contributed by atoms with Crippen molar-refractivity contribution in [2.75, 3.05) is 13.7 Å². The van der Waals surface area contributed by atoms with Gasteiger partial charge in [-0.2, -0.15) is 0 Å². The maximum absolute atomic E-state index is 6.33. The predicted molar refractivity (Wildman–Crippen MR) is 81.3 cm³/mol. The molecule has 3 atom stereocenters. The third-order valence-corrected chi connectivity index (χ3v) is 5.41. The van der Waals surface area contributed by atoms with Crippen LogP contribution in [0.2, 0.25) is 0 Å². The van der Waals surface area contributed by atoms with Gasteiger partial charge >= 0.3 is 0 Å². The SMILES string of the molecule is CNC1CCC(C(C)(C)C)CC1OCC1CCCC1. The summed E-state index contributed by atoms with van der Waals surface area (Å²) in [5.41, 5.74) is 0.424. The lowest BCUT2D eigenvalue weighted by Gasteiger charge is -2.41. The molecule has 2 saturated carbocycles. The molecule has 1 N–H and O–H groups in total. The summed E-state index contributed by atoms with van der Waals surface area (Å²) in [5.74, 6) is 1.65. The lowest BCUT2D eigenvalue weighted by atomic mass is 9.70. The first-order chi connectivity index (χ1) is 9.00. The molecule has 2 aliphatic rings. The molecule has 2 heteroatoms. The molecule has 0 saturated heterocycles. The van der Waals surface area contributed by atoms with Crippen molar-refractivity contribution >= 4 is 0 Å². The van der Waals surface area contributed by atoms with Gasteiger partial charge in [0.25, 0.3) is 0 Å². The van der Waals surface area contributed by atoms with E-state index in [1.165, 1.54) is 44.9 Å². The average Bonchev–Trinajstić information content (AvgIpc) is 2.88. The number of rotatable bonds is 4. The van der Waals surface area contributed by atoms with E-state index in [9.17, 15) is 0 Å². The summed E-state index contributed by atoms with van der Waals surface area (Å²) in [5, 5.41) is 3.48. The zero-order valence-corrected chi connectivity index (χ0v) is 13.4. The third kappa shape index (κ3) is 4.19. The number of likely N-dealkylation sites (N-methyl/N-ethyl adjacent to an activating group) is 1. The largest absolute Gasteiger partial charge is 0.376 e. The monoisotopic (exact) mass is 267 g/mol. The fourth-order valence-corrected chi connectivity index (χ4v) is 3.87. The van der Waals surface area contributed by atoms with Gasteiger partial charge in [0.2, 0.25) is 0 Å². The fraction of sp³-hybridized carbons (Fsp3) is 1.00. The van der Waals surface area contributed by atoms with Crippen LogP contribution in [0.5, 0.6) is 0 Å². The van der Waals surface area contributed by atoms with Crippen molar-refractivity contribution in [3.63, 3.8) is 0 Å². The molecule has 0 radical (unpaired) electrons. The van der Waals surface area contributed by atoms with E-state index in [1.807, 2.05) is 0 Å². The van der Waals surface area contributed by atoms with Crippen molar-refractivity contribution in [2.24, 2.45) is 17.3 Å². The van der Waals surface area contributed by atoms with E-state index in [4.69, 9.17) is 4.74 Å². The lowest BCUT2D eigenvalue weighted by Crippen LogP contribution is -2.46. The molecular weight excluding hydrogens is 234 g/mol. The topological polar surface area (TPSA) is 21.3 Å². The van der Waals surface area contributed by atoms with Gasteiger partial charge in [-0.15, -0.1) is 0 Å². The Kier molecular flexibility index (Phi) is 5.30. The van der Waals surface area contributed by atoms with Crippen LogP contribution in [0.4, 0.5) is 0 Å². The van der Waals surface area contributed by atoms with Crippen molar-refractivity contribution in [1.82, 2.24) is 5.32 Å². The predicted octanol–water partition coefficient (Wildman–Crippen LogP) is 4.00. The fourth-order valence-electron chi connectivity index (χ4n) is 3.87. The number of nitrogens with one attached hydrogen (secondary N) is 1. The highest BCUT2D eigenvalue weighted by Crippen LogP contribution is 2.39. The van der Waals surface area contributed by atoms with Crippen molar-refractivity contribution in [2.45, 2.75) is 77.9 Å². The van der Waals surface area contributed by atoms with Crippen molar-refractivity contribution in [3.8, 4) is 0 Å². The minimum atomic E-state index is 0.424. The van der Waals surface area contributed by atoms with Gasteiger partial charge in [0.1, 0.15) is 0 Å². The Labute approximate surface area is 119 Å². The Bertz CT molecular complexity index is 265. The summed E-state index contributed by atoms with van der Waals surface area (Å²) in [6.07, 6.45) is 9.90. The Balaban J connectivity index is 1.86. The van der Waals surface area contributed by atoms with Crippen LogP contribution in [0.3, 0.4) is 0 Å². The highest BCUT2D eigenvalue weighted by molar-refractivity contribution is 4.89. The van der Waals surface area contributed by atoms with Crippen molar-refractivity contribution in [3.05, 3.63) is 0 Å². The first kappa shape index (κ1) is 15.3. The molecule has 0 aromatic heterocycles. The van der Waals surface area contributed by atoms with E-state index >= 15 is 0 Å². The summed E-state index contributed by atoms with van der Waals surface area (Å²) in [4.78, 5) is 0. The van der Waals surface area contributed by atoms with E-state index in [2.05, 4.69) is 33.1 Å². The molecule has 0 aliphatic heterocycles. The van der Waals surface area contributed by atoms with Gasteiger partial charge in [-0.25, -0.2) is 0 Å². The van der Waals surface area contributed by atoms with E-state index in [0.717, 1.165) is 18.4 Å².